The van der Waals surface area contributed by atoms with Crippen molar-refractivity contribution in [2.75, 3.05) is 6.61 Å². The van der Waals surface area contributed by atoms with Crippen LogP contribution in [0.1, 0.15) is 22.4 Å². The summed E-state index contributed by atoms with van der Waals surface area (Å²) in [7, 11) is 0. The second-order valence-corrected chi connectivity index (χ2v) is 7.49. The number of benzene rings is 3. The first-order chi connectivity index (χ1) is 16.2. The zero-order chi connectivity index (χ0) is 22.6. The van der Waals surface area contributed by atoms with Crippen molar-refractivity contribution < 1.29 is 24.2 Å². The van der Waals surface area contributed by atoms with Crippen LogP contribution >= 0.6 is 0 Å². The molecule has 33 heavy (non-hydrogen) atoms. The van der Waals surface area contributed by atoms with Gasteiger partial charge in [-0.15, -0.1) is 0 Å². The van der Waals surface area contributed by atoms with E-state index >= 15 is 0 Å². The Balaban J connectivity index is 1.45. The Hall–Kier alpha value is -4.39. The van der Waals surface area contributed by atoms with Crippen LogP contribution in [0.3, 0.4) is 0 Å². The Kier molecular flexibility index (Phi) is 5.59. The molecule has 164 valence electrons. The molecule has 7 heteroatoms. The standard InChI is InChI=1S/C26H20N2O5/c29-25(30)16-33-28-26-21-7-3-1-6-18(21)14-32-24-12-11-20(13-22(24)26)31-15-19-10-9-17-5-2-4-8-23(17)27-19/h1-13H,14-16H2,(H,29,30)/b28-26+. The molecule has 1 aromatic heterocycles. The maximum Gasteiger partial charge on any atom is 0.344 e. The largest absolute Gasteiger partial charge is 0.488 e. The number of oxime groups is 1. The minimum absolute atomic E-state index is 0.295. The van der Waals surface area contributed by atoms with Crippen molar-refractivity contribution in [3.8, 4) is 11.5 Å². The van der Waals surface area contributed by atoms with E-state index in [0.29, 0.717) is 36.0 Å². The normalized spacial score (nSPS) is 13.5. The number of carbonyl (C=O) groups is 1. The quantitative estimate of drug-likeness (QED) is 0.442. The number of para-hydroxylation sites is 1. The predicted octanol–water partition coefficient (Wildman–Crippen LogP) is 4.56. The summed E-state index contributed by atoms with van der Waals surface area (Å²) in [5, 5.41) is 14.2. The molecule has 0 atom stereocenters. The van der Waals surface area contributed by atoms with E-state index in [9.17, 15) is 4.79 Å². The summed E-state index contributed by atoms with van der Waals surface area (Å²) in [6, 6.07) is 25.0. The average molecular weight is 440 g/mol. The molecule has 1 aliphatic rings. The summed E-state index contributed by atoms with van der Waals surface area (Å²) in [5.41, 5.74) is 4.62. The SMILES string of the molecule is O=C(O)CO/N=C1\c2ccccc2COc2ccc(OCc3ccc4ccccc4n3)cc21. The molecule has 0 bridgehead atoms. The second-order valence-electron chi connectivity index (χ2n) is 7.49. The molecule has 0 fully saturated rings. The van der Waals surface area contributed by atoms with Gasteiger partial charge in [-0.2, -0.15) is 0 Å². The molecule has 0 spiro atoms. The predicted molar refractivity (Wildman–Crippen MR) is 123 cm³/mol. The highest BCUT2D eigenvalue weighted by Crippen LogP contribution is 2.32. The van der Waals surface area contributed by atoms with Gasteiger partial charge < -0.3 is 19.4 Å². The molecule has 5 rings (SSSR count). The fourth-order valence-corrected chi connectivity index (χ4v) is 3.68. The molecule has 1 aliphatic heterocycles. The molecule has 1 N–H and O–H groups in total. The van der Waals surface area contributed by atoms with Crippen LogP contribution in [0.2, 0.25) is 0 Å². The number of rotatable bonds is 6. The molecule has 7 nitrogen and oxygen atoms in total. The number of aromatic nitrogens is 1. The Labute approximate surface area is 189 Å². The van der Waals surface area contributed by atoms with E-state index in [1.807, 2.05) is 78.9 Å². The van der Waals surface area contributed by atoms with Gasteiger partial charge in [-0.25, -0.2) is 9.78 Å². The monoisotopic (exact) mass is 440 g/mol. The molecule has 3 aromatic carbocycles. The number of fused-ring (bicyclic) bond motifs is 3. The Morgan fingerprint density at radius 1 is 1.00 bits per heavy atom. The minimum Gasteiger partial charge on any atom is -0.488 e. The molecule has 0 unspecified atom stereocenters. The van der Waals surface area contributed by atoms with Crippen LogP contribution in [-0.2, 0) is 22.8 Å². The van der Waals surface area contributed by atoms with Gasteiger partial charge in [-0.05, 0) is 35.9 Å². The van der Waals surface area contributed by atoms with Gasteiger partial charge >= 0.3 is 5.97 Å². The van der Waals surface area contributed by atoms with Crippen molar-refractivity contribution in [2.45, 2.75) is 13.2 Å². The number of aliphatic carboxylic acids is 1. The van der Waals surface area contributed by atoms with Crippen LogP contribution in [-0.4, -0.2) is 28.4 Å². The molecule has 2 heterocycles. The van der Waals surface area contributed by atoms with Crippen molar-refractivity contribution in [1.82, 2.24) is 4.98 Å². The molecule has 0 saturated carbocycles. The third-order valence-corrected chi connectivity index (χ3v) is 5.25. The van der Waals surface area contributed by atoms with E-state index in [1.54, 1.807) is 0 Å². The van der Waals surface area contributed by atoms with Crippen LogP contribution < -0.4 is 9.47 Å². The Morgan fingerprint density at radius 2 is 1.85 bits per heavy atom. The van der Waals surface area contributed by atoms with E-state index in [-0.39, 0.29) is 0 Å². The van der Waals surface area contributed by atoms with Crippen molar-refractivity contribution in [3.63, 3.8) is 0 Å². The van der Waals surface area contributed by atoms with Crippen LogP contribution in [0.5, 0.6) is 11.5 Å². The maximum atomic E-state index is 10.9. The highest BCUT2D eigenvalue weighted by Gasteiger charge is 2.22. The first-order valence-electron chi connectivity index (χ1n) is 10.4. The van der Waals surface area contributed by atoms with Gasteiger partial charge in [0.1, 0.15) is 30.4 Å². The topological polar surface area (TPSA) is 90.2 Å². The Bertz CT molecular complexity index is 1370. The summed E-state index contributed by atoms with van der Waals surface area (Å²) >= 11 is 0. The number of hydrogen-bond donors (Lipinski definition) is 1. The van der Waals surface area contributed by atoms with Gasteiger partial charge in [0.05, 0.1) is 11.2 Å². The lowest BCUT2D eigenvalue weighted by atomic mass is 9.98. The molecular weight excluding hydrogens is 420 g/mol. The van der Waals surface area contributed by atoms with Crippen LogP contribution in [0.15, 0.2) is 84.0 Å². The number of nitrogens with zero attached hydrogens (tertiary/aromatic N) is 2. The third-order valence-electron chi connectivity index (χ3n) is 5.25. The molecule has 0 radical (unpaired) electrons. The van der Waals surface area contributed by atoms with E-state index in [0.717, 1.165) is 27.7 Å². The summed E-state index contributed by atoms with van der Waals surface area (Å²) < 4.78 is 12.0. The Morgan fingerprint density at radius 3 is 2.76 bits per heavy atom. The number of carboxylic acid groups (broad SMARTS) is 1. The van der Waals surface area contributed by atoms with Crippen molar-refractivity contribution in [2.24, 2.45) is 5.16 Å². The van der Waals surface area contributed by atoms with Gasteiger partial charge in [0, 0.05) is 16.5 Å². The molecule has 0 aliphatic carbocycles. The summed E-state index contributed by atoms with van der Waals surface area (Å²) in [6.07, 6.45) is 0. The van der Waals surface area contributed by atoms with Crippen molar-refractivity contribution in [3.05, 3.63) is 101 Å². The van der Waals surface area contributed by atoms with Crippen LogP contribution in [0.4, 0.5) is 0 Å². The first kappa shape index (κ1) is 20.5. The number of carboxylic acids is 1. The summed E-state index contributed by atoms with van der Waals surface area (Å²) in [4.78, 5) is 20.7. The molecular formula is C26H20N2O5. The summed E-state index contributed by atoms with van der Waals surface area (Å²) in [6.45, 7) is 0.122. The van der Waals surface area contributed by atoms with Gasteiger partial charge in [-0.1, -0.05) is 53.7 Å². The molecule has 4 aromatic rings. The van der Waals surface area contributed by atoms with Crippen molar-refractivity contribution in [1.29, 1.82) is 0 Å². The zero-order valence-electron chi connectivity index (χ0n) is 17.6. The maximum absolute atomic E-state index is 10.9. The van der Waals surface area contributed by atoms with Crippen LogP contribution in [0, 0.1) is 0 Å². The zero-order valence-corrected chi connectivity index (χ0v) is 17.6. The smallest absolute Gasteiger partial charge is 0.344 e. The minimum atomic E-state index is -1.10. The van der Waals surface area contributed by atoms with Crippen molar-refractivity contribution >= 4 is 22.6 Å². The fraction of sp³-hybridized carbons (Fsp3) is 0.115. The lowest BCUT2D eigenvalue weighted by molar-refractivity contribution is -0.142. The summed E-state index contributed by atoms with van der Waals surface area (Å²) in [5.74, 6) is 0.121. The second kappa shape index (κ2) is 9.00. The van der Waals surface area contributed by atoms with Gasteiger partial charge in [-0.3, -0.25) is 0 Å². The lowest BCUT2D eigenvalue weighted by Crippen LogP contribution is -2.09. The fourth-order valence-electron chi connectivity index (χ4n) is 3.68. The van der Waals surface area contributed by atoms with E-state index in [2.05, 4.69) is 10.1 Å². The van der Waals surface area contributed by atoms with Gasteiger partial charge in [0.15, 0.2) is 0 Å². The van der Waals surface area contributed by atoms with Gasteiger partial charge in [0.2, 0.25) is 6.61 Å². The number of hydrogen-bond acceptors (Lipinski definition) is 6. The number of pyridine rings is 1. The van der Waals surface area contributed by atoms with Crippen LogP contribution in [0.25, 0.3) is 10.9 Å². The number of ether oxygens (including phenoxy) is 2. The third kappa shape index (κ3) is 4.48. The highest BCUT2D eigenvalue weighted by molar-refractivity contribution is 6.15. The molecule has 0 saturated heterocycles. The molecule has 0 amide bonds. The highest BCUT2D eigenvalue weighted by atomic mass is 16.6. The lowest BCUT2D eigenvalue weighted by Gasteiger charge is -2.12. The van der Waals surface area contributed by atoms with E-state index in [4.69, 9.17) is 19.4 Å². The van der Waals surface area contributed by atoms with Gasteiger partial charge in [0.25, 0.3) is 0 Å². The van der Waals surface area contributed by atoms with E-state index in [1.165, 1.54) is 0 Å². The first-order valence-corrected chi connectivity index (χ1v) is 10.4. The average Bonchev–Trinajstić information content (AvgIpc) is 2.99. The van der Waals surface area contributed by atoms with E-state index < -0.39 is 12.6 Å².